The Hall–Kier alpha value is -0.730. The van der Waals surface area contributed by atoms with Gasteiger partial charge in [0, 0.05) is 13.1 Å². The third-order valence-corrected chi connectivity index (χ3v) is 4.46. The molecule has 2 unspecified atom stereocenters. The van der Waals surface area contributed by atoms with E-state index < -0.39 is 0 Å². The van der Waals surface area contributed by atoms with Crippen LogP contribution in [-0.2, 0) is 0 Å². The number of likely N-dealkylation sites (tertiary alicyclic amines) is 1. The topological polar surface area (TPSA) is 46.3 Å². The molecule has 0 radical (unpaired) electrons. The maximum absolute atomic E-state index is 10.9. The van der Waals surface area contributed by atoms with Gasteiger partial charge in [0.15, 0.2) is 0 Å². The third kappa shape index (κ3) is 1.13. The van der Waals surface area contributed by atoms with Crippen molar-refractivity contribution in [2.75, 3.05) is 13.1 Å². The Morgan fingerprint density at radius 3 is 2.08 bits per heavy atom. The summed E-state index contributed by atoms with van der Waals surface area (Å²) < 4.78 is 0. The lowest BCUT2D eigenvalue weighted by atomic mass is 9.90. The normalized spacial score (nSPS) is 36.3. The Bertz CT molecular complexity index is 221. The number of nitrogens with zero attached hydrogens (tertiary/aromatic N) is 1. The molecule has 0 bridgehead atoms. The zero-order valence-corrected chi connectivity index (χ0v) is 8.42. The van der Waals surface area contributed by atoms with Crippen LogP contribution < -0.4 is 5.73 Å². The van der Waals surface area contributed by atoms with Gasteiger partial charge in [-0.25, -0.2) is 4.79 Å². The summed E-state index contributed by atoms with van der Waals surface area (Å²) in [5, 5.41) is 0. The Morgan fingerprint density at radius 1 is 1.31 bits per heavy atom. The standard InChI is InChI=1S/C10H18N2O/c1-7-8(2)10(7)3-5-12(6-4-10)9(11)13/h7-8H,3-6H2,1-2H3,(H2,11,13). The molecule has 0 aromatic rings. The van der Waals surface area contributed by atoms with Crippen LogP contribution in [0.4, 0.5) is 4.79 Å². The summed E-state index contributed by atoms with van der Waals surface area (Å²) in [4.78, 5) is 12.7. The molecule has 1 heterocycles. The lowest BCUT2D eigenvalue weighted by Gasteiger charge is -2.32. The van der Waals surface area contributed by atoms with E-state index in [2.05, 4.69) is 13.8 Å². The van der Waals surface area contributed by atoms with Crippen molar-refractivity contribution in [3.63, 3.8) is 0 Å². The molecule has 0 aromatic carbocycles. The second kappa shape index (κ2) is 2.63. The van der Waals surface area contributed by atoms with Gasteiger partial charge in [0.05, 0.1) is 0 Å². The van der Waals surface area contributed by atoms with Crippen LogP contribution in [0.25, 0.3) is 0 Å². The summed E-state index contributed by atoms with van der Waals surface area (Å²) in [6.07, 6.45) is 2.30. The Morgan fingerprint density at radius 2 is 1.77 bits per heavy atom. The molecular formula is C10H18N2O. The number of hydrogen-bond acceptors (Lipinski definition) is 1. The maximum Gasteiger partial charge on any atom is 0.314 e. The minimum absolute atomic E-state index is 0.254. The number of primary amides is 1. The average molecular weight is 182 g/mol. The van der Waals surface area contributed by atoms with Gasteiger partial charge in [-0.05, 0) is 30.1 Å². The van der Waals surface area contributed by atoms with Crippen molar-refractivity contribution < 1.29 is 4.79 Å². The molecule has 2 aliphatic rings. The first kappa shape index (κ1) is 8.85. The number of nitrogens with two attached hydrogens (primary N) is 1. The molecule has 1 saturated carbocycles. The van der Waals surface area contributed by atoms with Crippen molar-refractivity contribution in [2.45, 2.75) is 26.7 Å². The molecule has 1 saturated heterocycles. The number of piperidine rings is 1. The Balaban J connectivity index is 1.94. The number of rotatable bonds is 0. The number of urea groups is 1. The van der Waals surface area contributed by atoms with Gasteiger partial charge in [0.25, 0.3) is 0 Å². The van der Waals surface area contributed by atoms with Crippen molar-refractivity contribution in [1.29, 1.82) is 0 Å². The fourth-order valence-electron chi connectivity index (χ4n) is 3.00. The maximum atomic E-state index is 10.9. The second-order valence-electron chi connectivity index (χ2n) is 4.64. The van der Waals surface area contributed by atoms with Gasteiger partial charge in [-0.15, -0.1) is 0 Å². The van der Waals surface area contributed by atoms with Crippen LogP contribution in [0.1, 0.15) is 26.7 Å². The van der Waals surface area contributed by atoms with Crippen molar-refractivity contribution in [3.8, 4) is 0 Å². The minimum atomic E-state index is -0.254. The summed E-state index contributed by atoms with van der Waals surface area (Å²) in [7, 11) is 0. The van der Waals surface area contributed by atoms with Gasteiger partial charge in [-0.1, -0.05) is 13.8 Å². The number of amides is 2. The van der Waals surface area contributed by atoms with E-state index in [0.717, 1.165) is 37.8 Å². The Kier molecular flexibility index (Phi) is 1.79. The fourth-order valence-corrected chi connectivity index (χ4v) is 3.00. The van der Waals surface area contributed by atoms with Gasteiger partial charge >= 0.3 is 6.03 Å². The van der Waals surface area contributed by atoms with Crippen molar-refractivity contribution in [2.24, 2.45) is 23.0 Å². The lowest BCUT2D eigenvalue weighted by molar-refractivity contribution is 0.164. The highest BCUT2D eigenvalue weighted by atomic mass is 16.2. The summed E-state index contributed by atoms with van der Waals surface area (Å²) >= 11 is 0. The van der Waals surface area contributed by atoms with Crippen molar-refractivity contribution in [3.05, 3.63) is 0 Å². The highest BCUT2D eigenvalue weighted by molar-refractivity contribution is 5.72. The average Bonchev–Trinajstić information content (AvgIpc) is 2.59. The van der Waals surface area contributed by atoms with E-state index in [0.29, 0.717) is 5.41 Å². The first-order chi connectivity index (χ1) is 6.08. The highest BCUT2D eigenvalue weighted by Gasteiger charge is 2.59. The van der Waals surface area contributed by atoms with E-state index in [9.17, 15) is 4.79 Å². The molecule has 0 aromatic heterocycles. The minimum Gasteiger partial charge on any atom is -0.351 e. The quantitative estimate of drug-likeness (QED) is 0.605. The largest absolute Gasteiger partial charge is 0.351 e. The van der Waals surface area contributed by atoms with Crippen LogP contribution in [0.2, 0.25) is 0 Å². The first-order valence-electron chi connectivity index (χ1n) is 5.12. The summed E-state index contributed by atoms with van der Waals surface area (Å²) in [6, 6.07) is -0.254. The van der Waals surface area contributed by atoms with Gasteiger partial charge in [-0.2, -0.15) is 0 Å². The molecule has 2 N–H and O–H groups in total. The number of carbonyl (C=O) groups excluding carboxylic acids is 1. The smallest absolute Gasteiger partial charge is 0.314 e. The molecule has 2 atom stereocenters. The van der Waals surface area contributed by atoms with Crippen LogP contribution in [-0.4, -0.2) is 24.0 Å². The van der Waals surface area contributed by atoms with Crippen molar-refractivity contribution >= 4 is 6.03 Å². The highest BCUT2D eigenvalue weighted by Crippen LogP contribution is 2.63. The van der Waals surface area contributed by atoms with Gasteiger partial charge in [0.1, 0.15) is 0 Å². The van der Waals surface area contributed by atoms with Gasteiger partial charge in [-0.3, -0.25) is 0 Å². The molecule has 13 heavy (non-hydrogen) atoms. The molecule has 1 spiro atoms. The second-order valence-corrected chi connectivity index (χ2v) is 4.64. The lowest BCUT2D eigenvalue weighted by Crippen LogP contribution is -2.42. The zero-order valence-electron chi connectivity index (χ0n) is 8.42. The molecule has 2 amide bonds. The van der Waals surface area contributed by atoms with Gasteiger partial charge < -0.3 is 10.6 Å². The van der Waals surface area contributed by atoms with E-state index in [1.807, 2.05) is 0 Å². The van der Waals surface area contributed by atoms with Crippen LogP contribution >= 0.6 is 0 Å². The van der Waals surface area contributed by atoms with Crippen LogP contribution in [0.15, 0.2) is 0 Å². The molecule has 2 rings (SSSR count). The fraction of sp³-hybridized carbons (Fsp3) is 0.900. The van der Waals surface area contributed by atoms with Crippen LogP contribution in [0, 0.1) is 17.3 Å². The molecular weight excluding hydrogens is 164 g/mol. The van der Waals surface area contributed by atoms with Crippen LogP contribution in [0.3, 0.4) is 0 Å². The van der Waals surface area contributed by atoms with Crippen LogP contribution in [0.5, 0.6) is 0 Å². The monoisotopic (exact) mass is 182 g/mol. The zero-order chi connectivity index (χ0) is 9.64. The summed E-state index contributed by atoms with van der Waals surface area (Å²) in [5.41, 5.74) is 5.79. The van der Waals surface area contributed by atoms with Gasteiger partial charge in [0.2, 0.25) is 0 Å². The predicted molar refractivity (Wildman–Crippen MR) is 51.2 cm³/mol. The SMILES string of the molecule is CC1C(C)C12CCN(C(N)=O)CC2. The third-order valence-electron chi connectivity index (χ3n) is 4.46. The number of hydrogen-bond donors (Lipinski definition) is 1. The molecule has 1 aliphatic heterocycles. The van der Waals surface area contributed by atoms with Crippen molar-refractivity contribution in [1.82, 2.24) is 4.90 Å². The van der Waals surface area contributed by atoms with E-state index >= 15 is 0 Å². The van der Waals surface area contributed by atoms with E-state index in [1.165, 1.54) is 0 Å². The first-order valence-corrected chi connectivity index (χ1v) is 5.12. The molecule has 74 valence electrons. The molecule has 3 heteroatoms. The molecule has 1 aliphatic carbocycles. The van der Waals surface area contributed by atoms with E-state index in [1.54, 1.807) is 4.90 Å². The Labute approximate surface area is 79.3 Å². The predicted octanol–water partition coefficient (Wildman–Crippen LogP) is 1.43. The van der Waals surface area contributed by atoms with E-state index in [4.69, 9.17) is 5.73 Å². The summed E-state index contributed by atoms with van der Waals surface area (Å²) in [5.74, 6) is 1.70. The van der Waals surface area contributed by atoms with E-state index in [-0.39, 0.29) is 6.03 Å². The molecule has 3 nitrogen and oxygen atoms in total. The molecule has 2 fully saturated rings. The summed E-state index contributed by atoms with van der Waals surface area (Å²) in [6.45, 7) is 6.38. The number of carbonyl (C=O) groups is 1.